The second kappa shape index (κ2) is 8.64. The van der Waals surface area contributed by atoms with Crippen molar-refractivity contribution in [3.8, 4) is 0 Å². The first kappa shape index (κ1) is 24.9. The fourth-order valence-electron chi connectivity index (χ4n) is 4.23. The Morgan fingerprint density at radius 3 is 2.22 bits per heavy atom. The predicted molar refractivity (Wildman–Crippen MR) is 118 cm³/mol. The number of Topliss-reactive ketones (excluding diaryl/α,β-unsaturated/α-hetero) is 1. The van der Waals surface area contributed by atoms with Crippen LogP contribution >= 0.6 is 11.6 Å². The first-order valence-corrected chi connectivity index (χ1v) is 11.0. The Labute approximate surface area is 208 Å². The lowest BCUT2D eigenvalue weighted by Gasteiger charge is -2.36. The molecule has 8 nitrogen and oxygen atoms in total. The summed E-state index contributed by atoms with van der Waals surface area (Å²) in [6, 6.07) is 4.04. The summed E-state index contributed by atoms with van der Waals surface area (Å²) in [7, 11) is 0. The Bertz CT molecular complexity index is 1480. The van der Waals surface area contributed by atoms with Gasteiger partial charge in [0, 0.05) is 53.0 Å². The molecule has 0 saturated heterocycles. The molecule has 0 aliphatic carbocycles. The number of aromatic nitrogens is 6. The Morgan fingerprint density at radius 1 is 1.03 bits per heavy atom. The molecule has 0 amide bonds. The van der Waals surface area contributed by atoms with Crippen molar-refractivity contribution in [3.63, 3.8) is 0 Å². The van der Waals surface area contributed by atoms with Gasteiger partial charge in [-0.05, 0) is 30.2 Å². The number of nitrogens with zero attached hydrogens (tertiary/aromatic N) is 6. The van der Waals surface area contributed by atoms with Crippen LogP contribution in [-0.4, -0.2) is 42.2 Å². The second-order valence-electron chi connectivity index (χ2n) is 8.23. The summed E-state index contributed by atoms with van der Waals surface area (Å²) in [5.74, 6) is -5.29. The van der Waals surface area contributed by atoms with Crippen LogP contribution in [0.15, 0.2) is 30.6 Å². The Hall–Kier alpha value is -3.81. The van der Waals surface area contributed by atoms with Crippen LogP contribution in [0.25, 0.3) is 10.9 Å². The number of nitrogens with one attached hydrogen (secondary N) is 1. The molecule has 5 rings (SSSR count). The van der Waals surface area contributed by atoms with Gasteiger partial charge in [-0.2, -0.15) is 36.3 Å². The van der Waals surface area contributed by atoms with E-state index in [4.69, 9.17) is 11.6 Å². The van der Waals surface area contributed by atoms with E-state index < -0.39 is 41.8 Å². The molecule has 0 saturated carbocycles. The van der Waals surface area contributed by atoms with Crippen molar-refractivity contribution in [2.45, 2.75) is 31.7 Å². The lowest BCUT2D eigenvalue weighted by atomic mass is 9.94. The molecule has 1 atom stereocenters. The number of aromatic amines is 1. The Kier molecular flexibility index (Phi) is 5.81. The lowest BCUT2D eigenvalue weighted by Crippen LogP contribution is -2.38. The third-order valence-corrected chi connectivity index (χ3v) is 6.01. The highest BCUT2D eigenvalue weighted by Gasteiger charge is 2.43. The van der Waals surface area contributed by atoms with Gasteiger partial charge in [0.2, 0.25) is 17.6 Å². The average molecular weight is 542 g/mol. The predicted octanol–water partition coefficient (Wildman–Crippen LogP) is 5.19. The molecule has 1 aromatic carbocycles. The molecule has 4 aromatic rings. The fourth-order valence-corrected chi connectivity index (χ4v) is 4.40. The number of anilines is 1. The highest BCUT2D eigenvalue weighted by molar-refractivity contribution is 6.31. The van der Waals surface area contributed by atoms with E-state index in [0.29, 0.717) is 16.2 Å². The average Bonchev–Trinajstić information content (AvgIpc) is 3.20. The van der Waals surface area contributed by atoms with E-state index in [0.717, 1.165) is 10.9 Å². The summed E-state index contributed by atoms with van der Waals surface area (Å²) < 4.78 is 80.7. The van der Waals surface area contributed by atoms with Crippen LogP contribution in [0.2, 0.25) is 5.02 Å². The Balaban J connectivity index is 1.73. The van der Waals surface area contributed by atoms with Gasteiger partial charge >= 0.3 is 12.4 Å². The smallest absolute Gasteiger partial charge is 0.356 e. The van der Waals surface area contributed by atoms with Crippen molar-refractivity contribution in [3.05, 3.63) is 69.9 Å². The van der Waals surface area contributed by atoms with E-state index in [-0.39, 0.29) is 24.4 Å². The topological polar surface area (TPSA) is 101 Å². The number of alkyl halides is 6. The highest BCUT2D eigenvalue weighted by atomic mass is 35.5. The van der Waals surface area contributed by atoms with Crippen molar-refractivity contribution in [2.24, 2.45) is 0 Å². The van der Waals surface area contributed by atoms with Crippen molar-refractivity contribution >= 4 is 34.2 Å². The lowest BCUT2D eigenvalue weighted by molar-refractivity contribution is -0.155. The number of H-pyrrole nitrogens is 1. The summed E-state index contributed by atoms with van der Waals surface area (Å²) in [6.45, 7) is 1.20. The first-order chi connectivity index (χ1) is 17.3. The van der Waals surface area contributed by atoms with E-state index in [1.54, 1.807) is 18.2 Å². The van der Waals surface area contributed by atoms with Gasteiger partial charge in [-0.1, -0.05) is 11.6 Å². The van der Waals surface area contributed by atoms with Gasteiger partial charge in [0.05, 0.1) is 0 Å². The first-order valence-electron chi connectivity index (χ1n) is 10.6. The minimum Gasteiger partial charge on any atom is -0.356 e. The maximum atomic E-state index is 13.5. The number of carbonyl (C=O) groups is 1. The highest BCUT2D eigenvalue weighted by Crippen LogP contribution is 2.41. The normalized spacial score (nSPS) is 16.2. The van der Waals surface area contributed by atoms with E-state index in [2.05, 4.69) is 29.9 Å². The maximum absolute atomic E-state index is 13.5. The zero-order valence-electron chi connectivity index (χ0n) is 18.6. The minimum absolute atomic E-state index is 0.0514. The quantitative estimate of drug-likeness (QED) is 0.281. The van der Waals surface area contributed by atoms with Gasteiger partial charge in [0.1, 0.15) is 6.04 Å². The number of ketones is 1. The number of fused-ring (bicyclic) bond motifs is 3. The number of rotatable bonds is 3. The molecule has 1 unspecified atom stereocenters. The third kappa shape index (κ3) is 4.56. The number of benzene rings is 1. The van der Waals surface area contributed by atoms with E-state index in [1.165, 1.54) is 24.2 Å². The van der Waals surface area contributed by atoms with Crippen molar-refractivity contribution in [2.75, 3.05) is 11.4 Å². The van der Waals surface area contributed by atoms with Gasteiger partial charge in [-0.3, -0.25) is 4.79 Å². The van der Waals surface area contributed by atoms with Crippen LogP contribution in [0.3, 0.4) is 0 Å². The van der Waals surface area contributed by atoms with Crippen LogP contribution in [0.5, 0.6) is 0 Å². The van der Waals surface area contributed by atoms with Crippen LogP contribution in [0.4, 0.5) is 32.3 Å². The minimum atomic E-state index is -5.25. The summed E-state index contributed by atoms with van der Waals surface area (Å²) >= 11 is 6.15. The molecule has 1 N–H and O–H groups in total. The molecule has 192 valence electrons. The molecule has 0 bridgehead atoms. The van der Waals surface area contributed by atoms with Gasteiger partial charge < -0.3 is 9.88 Å². The van der Waals surface area contributed by atoms with Gasteiger partial charge in [-0.15, -0.1) is 0 Å². The van der Waals surface area contributed by atoms with E-state index >= 15 is 0 Å². The molecule has 0 spiro atoms. The van der Waals surface area contributed by atoms with Gasteiger partial charge in [0.15, 0.2) is 11.6 Å². The zero-order chi connectivity index (χ0) is 26.7. The van der Waals surface area contributed by atoms with Crippen LogP contribution in [0.1, 0.15) is 52.1 Å². The molecule has 15 heteroatoms. The number of carbonyl (C=O) groups excluding carboxylic acids is 1. The molecular weight excluding hydrogens is 528 g/mol. The number of hydrogen-bond donors (Lipinski definition) is 1. The summed E-state index contributed by atoms with van der Waals surface area (Å²) in [6.07, 6.45) is -7.71. The van der Waals surface area contributed by atoms with Crippen molar-refractivity contribution in [1.29, 1.82) is 0 Å². The standard InChI is InChI=1S/C22H14ClF6N7O/c1-9(37)17-30-7-10(8-31-17)16-15-12(13-6-11(23)2-3-14(13)32-15)4-5-36(16)20-34-18(21(24,25)26)33-19(35-20)22(27,28)29/h2-3,6-8,16,32H,4-5H2,1H3. The second-order valence-corrected chi connectivity index (χ2v) is 8.66. The molecular formula is C22H14ClF6N7O. The summed E-state index contributed by atoms with van der Waals surface area (Å²) in [4.78, 5) is 33.3. The molecule has 1 aliphatic rings. The fraction of sp³-hybridized carbons (Fsp3) is 0.273. The molecule has 0 radical (unpaired) electrons. The summed E-state index contributed by atoms with van der Waals surface area (Å²) in [5, 5.41) is 1.19. The molecule has 37 heavy (non-hydrogen) atoms. The number of halogens is 7. The van der Waals surface area contributed by atoms with Crippen LogP contribution < -0.4 is 4.90 Å². The van der Waals surface area contributed by atoms with Crippen LogP contribution in [-0.2, 0) is 18.8 Å². The van der Waals surface area contributed by atoms with Crippen LogP contribution in [0, 0.1) is 0 Å². The molecule has 3 aromatic heterocycles. The van der Waals surface area contributed by atoms with Gasteiger partial charge in [0.25, 0.3) is 0 Å². The van der Waals surface area contributed by atoms with Crippen molar-refractivity contribution in [1.82, 2.24) is 29.9 Å². The molecule has 1 aliphatic heterocycles. The Morgan fingerprint density at radius 2 is 1.65 bits per heavy atom. The third-order valence-electron chi connectivity index (χ3n) is 5.78. The largest absolute Gasteiger partial charge is 0.451 e. The number of hydrogen-bond acceptors (Lipinski definition) is 7. The molecule has 0 fully saturated rings. The SMILES string of the molecule is CC(=O)c1ncc(C2c3[nH]c4ccc(Cl)cc4c3CCN2c2nc(C(F)(F)F)nc(C(F)(F)F)n2)cn1. The zero-order valence-corrected chi connectivity index (χ0v) is 19.4. The van der Waals surface area contributed by atoms with Gasteiger partial charge in [-0.25, -0.2) is 15.0 Å². The monoisotopic (exact) mass is 541 g/mol. The summed E-state index contributed by atoms with van der Waals surface area (Å²) in [5.41, 5.74) is 2.16. The van der Waals surface area contributed by atoms with E-state index in [9.17, 15) is 31.1 Å². The van der Waals surface area contributed by atoms with E-state index in [1.807, 2.05) is 0 Å². The molecule has 4 heterocycles. The van der Waals surface area contributed by atoms with Crippen molar-refractivity contribution < 1.29 is 31.1 Å². The maximum Gasteiger partial charge on any atom is 0.451 e.